The number of aromatic hydroxyl groups is 1. The molecule has 4 nitrogen and oxygen atoms in total. The molecule has 0 radical (unpaired) electrons. The molecule has 82 valence electrons. The van der Waals surface area contributed by atoms with E-state index in [9.17, 15) is 9.90 Å². The van der Waals surface area contributed by atoms with Crippen LogP contribution in [0.3, 0.4) is 0 Å². The van der Waals surface area contributed by atoms with Gasteiger partial charge in [-0.25, -0.2) is 4.79 Å². The van der Waals surface area contributed by atoms with Crippen molar-refractivity contribution >= 4 is 5.97 Å². The van der Waals surface area contributed by atoms with Gasteiger partial charge in [-0.3, -0.25) is 0 Å². The molecule has 0 unspecified atom stereocenters. The largest absolute Gasteiger partial charge is 0.508 e. The highest BCUT2D eigenvalue weighted by Crippen LogP contribution is 2.25. The Bertz CT molecular complexity index is 358. The Labute approximate surface area is 88.4 Å². The molecule has 0 amide bonds. The standard InChI is InChI=1S/C11H14O4/c1-7(2)15-10-5-4-8(12)6-9(10)11(13)14-3/h4-7,12H,1-3H3. The zero-order valence-corrected chi connectivity index (χ0v) is 8.98. The smallest absolute Gasteiger partial charge is 0.341 e. The number of hydrogen-bond acceptors (Lipinski definition) is 4. The maximum atomic E-state index is 11.4. The summed E-state index contributed by atoms with van der Waals surface area (Å²) in [6.07, 6.45) is -0.0436. The van der Waals surface area contributed by atoms with E-state index in [1.807, 2.05) is 13.8 Å². The lowest BCUT2D eigenvalue weighted by molar-refractivity contribution is 0.0594. The van der Waals surface area contributed by atoms with E-state index in [1.165, 1.54) is 19.2 Å². The van der Waals surface area contributed by atoms with Gasteiger partial charge in [-0.1, -0.05) is 0 Å². The van der Waals surface area contributed by atoms with Crippen molar-refractivity contribution in [2.75, 3.05) is 7.11 Å². The molecule has 1 rings (SSSR count). The van der Waals surface area contributed by atoms with Crippen LogP contribution in [0.2, 0.25) is 0 Å². The van der Waals surface area contributed by atoms with E-state index in [1.54, 1.807) is 6.07 Å². The van der Waals surface area contributed by atoms with E-state index in [-0.39, 0.29) is 17.4 Å². The topological polar surface area (TPSA) is 55.8 Å². The molecular formula is C11H14O4. The van der Waals surface area contributed by atoms with E-state index in [0.29, 0.717) is 5.75 Å². The maximum absolute atomic E-state index is 11.4. The lowest BCUT2D eigenvalue weighted by atomic mass is 10.2. The fraction of sp³-hybridized carbons (Fsp3) is 0.364. The first kappa shape index (κ1) is 11.4. The molecule has 4 heteroatoms. The molecular weight excluding hydrogens is 196 g/mol. The third-order valence-corrected chi connectivity index (χ3v) is 1.73. The summed E-state index contributed by atoms with van der Waals surface area (Å²) in [6.45, 7) is 3.71. The number of hydrogen-bond donors (Lipinski definition) is 1. The predicted molar refractivity (Wildman–Crippen MR) is 55.2 cm³/mol. The lowest BCUT2D eigenvalue weighted by Gasteiger charge is -2.13. The number of phenols is 1. The molecule has 1 aromatic rings. The van der Waals surface area contributed by atoms with Crippen LogP contribution in [0.4, 0.5) is 0 Å². The number of esters is 1. The summed E-state index contributed by atoms with van der Waals surface area (Å²) >= 11 is 0. The van der Waals surface area contributed by atoms with Crippen LogP contribution in [0.5, 0.6) is 11.5 Å². The SMILES string of the molecule is COC(=O)c1cc(O)ccc1OC(C)C. The Morgan fingerprint density at radius 2 is 2.07 bits per heavy atom. The van der Waals surface area contributed by atoms with Crippen LogP contribution in [0.25, 0.3) is 0 Å². The first-order chi connectivity index (χ1) is 7.04. The van der Waals surface area contributed by atoms with Gasteiger partial charge in [0.2, 0.25) is 0 Å². The molecule has 0 aromatic heterocycles. The number of phenolic OH excluding ortho intramolecular Hbond substituents is 1. The molecule has 0 aliphatic rings. The molecule has 0 aliphatic carbocycles. The second-order valence-corrected chi connectivity index (χ2v) is 3.34. The number of methoxy groups -OCH3 is 1. The van der Waals surface area contributed by atoms with Gasteiger partial charge in [0, 0.05) is 0 Å². The molecule has 0 spiro atoms. The molecule has 0 heterocycles. The van der Waals surface area contributed by atoms with Gasteiger partial charge < -0.3 is 14.6 Å². The predicted octanol–water partition coefficient (Wildman–Crippen LogP) is 1.97. The van der Waals surface area contributed by atoms with Gasteiger partial charge in [0.1, 0.15) is 17.1 Å². The average molecular weight is 210 g/mol. The highest BCUT2D eigenvalue weighted by Gasteiger charge is 2.14. The van der Waals surface area contributed by atoms with E-state index < -0.39 is 5.97 Å². The van der Waals surface area contributed by atoms with Gasteiger partial charge in [-0.15, -0.1) is 0 Å². The maximum Gasteiger partial charge on any atom is 0.341 e. The Hall–Kier alpha value is -1.71. The molecule has 1 aromatic carbocycles. The minimum Gasteiger partial charge on any atom is -0.508 e. The summed E-state index contributed by atoms with van der Waals surface area (Å²) in [6, 6.07) is 4.33. The number of benzene rings is 1. The highest BCUT2D eigenvalue weighted by molar-refractivity contribution is 5.92. The van der Waals surface area contributed by atoms with Crippen LogP contribution < -0.4 is 4.74 Å². The van der Waals surface area contributed by atoms with Crippen LogP contribution in [-0.4, -0.2) is 24.3 Å². The number of rotatable bonds is 3. The quantitative estimate of drug-likeness (QED) is 0.775. The van der Waals surface area contributed by atoms with Gasteiger partial charge in [0.15, 0.2) is 0 Å². The second-order valence-electron chi connectivity index (χ2n) is 3.34. The van der Waals surface area contributed by atoms with Crippen LogP contribution in [0.15, 0.2) is 18.2 Å². The summed E-state index contributed by atoms with van der Waals surface area (Å²) < 4.78 is 9.99. The summed E-state index contributed by atoms with van der Waals surface area (Å²) in [5.74, 6) is -0.109. The second kappa shape index (κ2) is 4.68. The minimum atomic E-state index is -0.526. The lowest BCUT2D eigenvalue weighted by Crippen LogP contribution is -2.10. The Morgan fingerprint density at radius 3 is 2.60 bits per heavy atom. The van der Waals surface area contributed by atoms with Gasteiger partial charge >= 0.3 is 5.97 Å². The normalized spacial score (nSPS) is 10.1. The van der Waals surface area contributed by atoms with E-state index in [2.05, 4.69) is 4.74 Å². The van der Waals surface area contributed by atoms with Crippen LogP contribution in [0, 0.1) is 0 Å². The summed E-state index contributed by atoms with van der Waals surface area (Å²) in [4.78, 5) is 11.4. The molecule has 0 saturated heterocycles. The summed E-state index contributed by atoms with van der Waals surface area (Å²) in [5.41, 5.74) is 0.228. The van der Waals surface area contributed by atoms with E-state index in [4.69, 9.17) is 4.74 Å². The first-order valence-corrected chi connectivity index (χ1v) is 4.62. The van der Waals surface area contributed by atoms with Gasteiger partial charge in [0.25, 0.3) is 0 Å². The van der Waals surface area contributed by atoms with Gasteiger partial charge in [-0.2, -0.15) is 0 Å². The van der Waals surface area contributed by atoms with Crippen molar-refractivity contribution < 1.29 is 19.4 Å². The highest BCUT2D eigenvalue weighted by atomic mass is 16.5. The van der Waals surface area contributed by atoms with Crippen molar-refractivity contribution in [1.29, 1.82) is 0 Å². The monoisotopic (exact) mass is 210 g/mol. The summed E-state index contributed by atoms with van der Waals surface area (Å²) in [5, 5.41) is 9.25. The third kappa shape index (κ3) is 2.87. The average Bonchev–Trinajstić information content (AvgIpc) is 2.19. The zero-order valence-electron chi connectivity index (χ0n) is 8.98. The molecule has 15 heavy (non-hydrogen) atoms. The minimum absolute atomic E-state index is 0.00602. The van der Waals surface area contributed by atoms with Gasteiger partial charge in [0.05, 0.1) is 13.2 Å². The van der Waals surface area contributed by atoms with E-state index in [0.717, 1.165) is 0 Å². The van der Waals surface area contributed by atoms with Crippen molar-refractivity contribution in [3.8, 4) is 11.5 Å². The molecule has 1 N–H and O–H groups in total. The molecule has 0 fully saturated rings. The molecule has 0 aliphatic heterocycles. The Kier molecular flexibility index (Phi) is 3.55. The van der Waals surface area contributed by atoms with Crippen molar-refractivity contribution in [2.24, 2.45) is 0 Å². The fourth-order valence-corrected chi connectivity index (χ4v) is 1.14. The van der Waals surface area contributed by atoms with Crippen LogP contribution >= 0.6 is 0 Å². The fourth-order valence-electron chi connectivity index (χ4n) is 1.14. The molecule has 0 bridgehead atoms. The third-order valence-electron chi connectivity index (χ3n) is 1.73. The Balaban J connectivity index is 3.08. The van der Waals surface area contributed by atoms with E-state index >= 15 is 0 Å². The number of carbonyl (C=O) groups is 1. The van der Waals surface area contributed by atoms with Gasteiger partial charge in [-0.05, 0) is 32.0 Å². The summed E-state index contributed by atoms with van der Waals surface area (Å²) in [7, 11) is 1.28. The molecule has 0 saturated carbocycles. The van der Waals surface area contributed by atoms with Crippen LogP contribution in [0.1, 0.15) is 24.2 Å². The molecule has 0 atom stereocenters. The zero-order chi connectivity index (χ0) is 11.4. The Morgan fingerprint density at radius 1 is 1.40 bits per heavy atom. The van der Waals surface area contributed by atoms with Crippen molar-refractivity contribution in [3.05, 3.63) is 23.8 Å². The first-order valence-electron chi connectivity index (χ1n) is 4.62. The number of ether oxygens (including phenoxy) is 2. The van der Waals surface area contributed by atoms with Crippen molar-refractivity contribution in [3.63, 3.8) is 0 Å². The van der Waals surface area contributed by atoms with Crippen LogP contribution in [-0.2, 0) is 4.74 Å². The van der Waals surface area contributed by atoms with Crippen molar-refractivity contribution in [2.45, 2.75) is 20.0 Å². The number of carbonyl (C=O) groups excluding carboxylic acids is 1. The van der Waals surface area contributed by atoms with Crippen molar-refractivity contribution in [1.82, 2.24) is 0 Å².